The monoisotopic (exact) mass is 481 g/mol. The second-order valence-electron chi connectivity index (χ2n) is 8.14. The van der Waals surface area contributed by atoms with Crippen molar-refractivity contribution in [2.75, 3.05) is 44.8 Å². The number of nitro benzene ring substituents is 1. The van der Waals surface area contributed by atoms with Crippen molar-refractivity contribution in [2.24, 2.45) is 10.9 Å². The molecule has 0 bridgehead atoms. The zero-order chi connectivity index (χ0) is 24.9. The number of esters is 1. The SMILES string of the molecule is CCOC(=O)[C@H]1C(=O)NC(N2CCN(c3cccc(OC)c3)CC2)=N[C@H]1c1cccc([N+](=O)[O-])c1. The number of carbonyl (C=O) groups is 2. The predicted molar refractivity (Wildman–Crippen MR) is 128 cm³/mol. The van der Waals surface area contributed by atoms with Crippen molar-refractivity contribution in [1.29, 1.82) is 0 Å². The van der Waals surface area contributed by atoms with E-state index in [1.165, 1.54) is 18.2 Å². The number of ether oxygens (including phenoxy) is 2. The number of carbonyl (C=O) groups excluding carboxylic acids is 2. The smallest absolute Gasteiger partial charge is 0.321 e. The minimum absolute atomic E-state index is 0.104. The number of non-ortho nitro benzene ring substituents is 1. The van der Waals surface area contributed by atoms with Gasteiger partial charge in [-0.15, -0.1) is 0 Å². The molecule has 1 fully saturated rings. The normalized spacial score (nSPS) is 20.1. The summed E-state index contributed by atoms with van der Waals surface area (Å²) in [6.45, 7) is 4.30. The number of anilines is 1. The van der Waals surface area contributed by atoms with Crippen molar-refractivity contribution in [1.82, 2.24) is 10.2 Å². The Balaban J connectivity index is 1.58. The third kappa shape index (κ3) is 5.18. The summed E-state index contributed by atoms with van der Waals surface area (Å²) in [6.07, 6.45) is 0. The van der Waals surface area contributed by atoms with Gasteiger partial charge in [0.05, 0.1) is 18.6 Å². The first-order valence-electron chi connectivity index (χ1n) is 11.3. The summed E-state index contributed by atoms with van der Waals surface area (Å²) in [7, 11) is 1.63. The van der Waals surface area contributed by atoms with Gasteiger partial charge in [0.2, 0.25) is 11.9 Å². The molecule has 0 unspecified atom stereocenters. The van der Waals surface area contributed by atoms with Crippen LogP contribution >= 0.6 is 0 Å². The Kier molecular flexibility index (Phi) is 7.14. The molecule has 4 rings (SSSR count). The first-order valence-corrected chi connectivity index (χ1v) is 11.3. The molecule has 0 radical (unpaired) electrons. The van der Waals surface area contributed by atoms with Crippen LogP contribution in [0.3, 0.4) is 0 Å². The van der Waals surface area contributed by atoms with Gasteiger partial charge in [-0.3, -0.25) is 25.0 Å². The van der Waals surface area contributed by atoms with E-state index >= 15 is 0 Å². The standard InChI is InChI=1S/C24H27N5O6/c1-3-35-23(31)20-21(16-6-4-8-18(14-16)29(32)33)25-24(26-22(20)30)28-12-10-27(11-13-28)17-7-5-9-19(15-17)34-2/h4-9,14-15,20-21H,3,10-13H2,1-2H3,(H,25,26,30)/t20-,21+/m1/s1. The molecule has 1 amide bonds. The number of piperazine rings is 1. The fourth-order valence-corrected chi connectivity index (χ4v) is 4.27. The molecule has 2 atom stereocenters. The molecule has 1 saturated heterocycles. The molecule has 35 heavy (non-hydrogen) atoms. The third-order valence-electron chi connectivity index (χ3n) is 6.06. The Labute approximate surface area is 202 Å². The molecule has 2 aromatic carbocycles. The van der Waals surface area contributed by atoms with Gasteiger partial charge in [-0.05, 0) is 24.6 Å². The van der Waals surface area contributed by atoms with Gasteiger partial charge in [-0.25, -0.2) is 4.99 Å². The van der Waals surface area contributed by atoms with Gasteiger partial charge in [0.1, 0.15) is 11.8 Å². The number of amides is 1. The summed E-state index contributed by atoms with van der Waals surface area (Å²) in [6, 6.07) is 12.7. The van der Waals surface area contributed by atoms with Gasteiger partial charge in [-0.1, -0.05) is 18.2 Å². The molecule has 0 saturated carbocycles. The largest absolute Gasteiger partial charge is 0.497 e. The van der Waals surface area contributed by atoms with Crippen molar-refractivity contribution >= 4 is 29.2 Å². The molecule has 0 aromatic heterocycles. The molecule has 2 heterocycles. The fraction of sp³-hybridized carbons (Fsp3) is 0.375. The highest BCUT2D eigenvalue weighted by Crippen LogP contribution is 2.33. The molecular formula is C24H27N5O6. The van der Waals surface area contributed by atoms with Crippen molar-refractivity contribution in [3.05, 3.63) is 64.2 Å². The number of hydrogen-bond donors (Lipinski definition) is 1. The molecule has 11 heteroatoms. The van der Waals surface area contributed by atoms with Crippen LogP contribution in [0, 0.1) is 16.0 Å². The van der Waals surface area contributed by atoms with Crippen LogP contribution < -0.4 is 15.0 Å². The average Bonchev–Trinajstić information content (AvgIpc) is 2.88. The lowest BCUT2D eigenvalue weighted by molar-refractivity contribution is -0.384. The number of methoxy groups -OCH3 is 1. The number of nitrogens with zero attached hydrogens (tertiary/aromatic N) is 4. The highest BCUT2D eigenvalue weighted by molar-refractivity contribution is 6.08. The van der Waals surface area contributed by atoms with Crippen molar-refractivity contribution in [3.63, 3.8) is 0 Å². The highest BCUT2D eigenvalue weighted by Gasteiger charge is 2.42. The molecule has 2 aromatic rings. The topological polar surface area (TPSA) is 127 Å². The number of nitrogens with one attached hydrogen (secondary N) is 1. The van der Waals surface area contributed by atoms with Crippen LogP contribution in [0.25, 0.3) is 0 Å². The molecule has 2 aliphatic heterocycles. The highest BCUT2D eigenvalue weighted by atomic mass is 16.6. The van der Waals surface area contributed by atoms with Crippen LogP contribution in [0.15, 0.2) is 53.5 Å². The zero-order valence-corrected chi connectivity index (χ0v) is 19.5. The lowest BCUT2D eigenvalue weighted by Crippen LogP contribution is -2.57. The lowest BCUT2D eigenvalue weighted by atomic mass is 9.91. The second-order valence-corrected chi connectivity index (χ2v) is 8.14. The van der Waals surface area contributed by atoms with E-state index < -0.39 is 28.8 Å². The Morgan fingerprint density at radius 2 is 1.86 bits per heavy atom. The quantitative estimate of drug-likeness (QED) is 0.288. The second kappa shape index (κ2) is 10.4. The zero-order valence-electron chi connectivity index (χ0n) is 19.5. The Hall–Kier alpha value is -4.15. The van der Waals surface area contributed by atoms with Gasteiger partial charge in [0, 0.05) is 50.1 Å². The molecule has 11 nitrogen and oxygen atoms in total. The Morgan fingerprint density at radius 3 is 2.54 bits per heavy atom. The molecule has 1 N–H and O–H groups in total. The van der Waals surface area contributed by atoms with Crippen LogP contribution in [0.5, 0.6) is 5.75 Å². The van der Waals surface area contributed by atoms with E-state index in [-0.39, 0.29) is 12.3 Å². The van der Waals surface area contributed by atoms with E-state index in [1.54, 1.807) is 20.1 Å². The van der Waals surface area contributed by atoms with Crippen LogP contribution in [0.4, 0.5) is 11.4 Å². The van der Waals surface area contributed by atoms with Crippen LogP contribution in [0.1, 0.15) is 18.5 Å². The van der Waals surface area contributed by atoms with Gasteiger partial charge in [0.15, 0.2) is 5.92 Å². The Bertz CT molecular complexity index is 1140. The maximum Gasteiger partial charge on any atom is 0.321 e. The van der Waals surface area contributed by atoms with E-state index in [4.69, 9.17) is 9.47 Å². The van der Waals surface area contributed by atoms with Gasteiger partial charge >= 0.3 is 5.97 Å². The average molecular weight is 482 g/mol. The maximum atomic E-state index is 13.0. The molecule has 0 spiro atoms. The molecule has 0 aliphatic carbocycles. The van der Waals surface area contributed by atoms with Crippen molar-refractivity contribution < 1.29 is 24.0 Å². The van der Waals surface area contributed by atoms with Gasteiger partial charge in [0.25, 0.3) is 5.69 Å². The van der Waals surface area contributed by atoms with Gasteiger partial charge < -0.3 is 19.3 Å². The summed E-state index contributed by atoms with van der Waals surface area (Å²) in [4.78, 5) is 45.3. The summed E-state index contributed by atoms with van der Waals surface area (Å²) in [5, 5.41) is 14.0. The number of benzene rings is 2. The molecule has 2 aliphatic rings. The first-order chi connectivity index (χ1) is 16.9. The maximum absolute atomic E-state index is 13.0. The number of guanidine groups is 1. The van der Waals surface area contributed by atoms with Gasteiger partial charge in [-0.2, -0.15) is 0 Å². The predicted octanol–water partition coefficient (Wildman–Crippen LogP) is 2.13. The summed E-state index contributed by atoms with van der Waals surface area (Å²) >= 11 is 0. The number of rotatable bonds is 6. The summed E-state index contributed by atoms with van der Waals surface area (Å²) < 4.78 is 10.4. The van der Waals surface area contributed by atoms with Crippen LogP contribution in [-0.4, -0.2) is 67.6 Å². The lowest BCUT2D eigenvalue weighted by Gasteiger charge is -2.39. The third-order valence-corrected chi connectivity index (χ3v) is 6.06. The first kappa shape index (κ1) is 24.0. The molecule has 184 valence electrons. The summed E-state index contributed by atoms with van der Waals surface area (Å²) in [5.41, 5.74) is 1.30. The van der Waals surface area contributed by atoms with Crippen molar-refractivity contribution in [2.45, 2.75) is 13.0 Å². The van der Waals surface area contributed by atoms with E-state index in [0.717, 1.165) is 11.4 Å². The molecular weight excluding hydrogens is 454 g/mol. The summed E-state index contributed by atoms with van der Waals surface area (Å²) in [5.74, 6) is -1.37. The minimum atomic E-state index is -1.24. The fourth-order valence-electron chi connectivity index (χ4n) is 4.27. The van der Waals surface area contributed by atoms with Crippen LogP contribution in [-0.2, 0) is 14.3 Å². The van der Waals surface area contributed by atoms with Crippen molar-refractivity contribution in [3.8, 4) is 5.75 Å². The number of aliphatic imine (C=N–C) groups is 1. The Morgan fingerprint density at radius 1 is 1.14 bits per heavy atom. The van der Waals surface area contributed by atoms with E-state index in [9.17, 15) is 19.7 Å². The number of hydrogen-bond acceptors (Lipinski definition) is 9. The number of nitro groups is 1. The van der Waals surface area contributed by atoms with E-state index in [1.807, 2.05) is 29.2 Å². The van der Waals surface area contributed by atoms with Crippen LogP contribution in [0.2, 0.25) is 0 Å². The van der Waals surface area contributed by atoms with E-state index in [2.05, 4.69) is 15.2 Å². The minimum Gasteiger partial charge on any atom is -0.497 e. The van der Waals surface area contributed by atoms with E-state index in [0.29, 0.717) is 37.7 Å².